The zero-order chi connectivity index (χ0) is 18.4. The summed E-state index contributed by atoms with van der Waals surface area (Å²) in [5, 5.41) is 29.9. The number of carboxylic acids is 1. The number of carboxylic acid groups (broad SMARTS) is 1. The lowest BCUT2D eigenvalue weighted by atomic mass is 9.92. The van der Waals surface area contributed by atoms with Crippen LogP contribution < -0.4 is 0 Å². The summed E-state index contributed by atoms with van der Waals surface area (Å²) in [6.45, 7) is 9.76. The lowest BCUT2D eigenvalue weighted by molar-refractivity contribution is 0.0691. The van der Waals surface area contributed by atoms with Crippen LogP contribution >= 0.6 is 0 Å². The van der Waals surface area contributed by atoms with Crippen molar-refractivity contribution in [2.45, 2.75) is 59.8 Å². The number of allylic oxidation sites excluding steroid dienone is 4. The second-order valence-corrected chi connectivity index (χ2v) is 6.72. The molecule has 0 fully saturated rings. The molecule has 1 aromatic carbocycles. The number of carbonyl (C=O) groups is 1. The number of hydrogen-bond acceptors (Lipinski definition) is 3. The van der Waals surface area contributed by atoms with E-state index in [-0.39, 0.29) is 28.5 Å². The number of rotatable bonds is 7. The smallest absolute Gasteiger partial charge is 0.339 e. The van der Waals surface area contributed by atoms with Gasteiger partial charge in [-0.1, -0.05) is 37.1 Å². The first kappa shape index (κ1) is 19.8. The molecule has 0 aliphatic heterocycles. The third-order valence-corrected chi connectivity index (χ3v) is 3.99. The SMILES string of the molecule is CC(C)=CCCC(C)=CCc1c(O)cc(C(C)C)c(C(=O)O)c1O. The minimum atomic E-state index is -1.18. The zero-order valence-electron chi connectivity index (χ0n) is 15.2. The van der Waals surface area contributed by atoms with Crippen molar-refractivity contribution >= 4 is 5.97 Å². The number of aromatic carboxylic acids is 1. The van der Waals surface area contributed by atoms with Crippen LogP contribution in [0, 0.1) is 0 Å². The summed E-state index contributed by atoms with van der Waals surface area (Å²) in [7, 11) is 0. The molecule has 24 heavy (non-hydrogen) atoms. The topological polar surface area (TPSA) is 77.8 Å². The summed E-state index contributed by atoms with van der Waals surface area (Å²) in [4.78, 5) is 11.5. The van der Waals surface area contributed by atoms with Crippen LogP contribution in [0.3, 0.4) is 0 Å². The Morgan fingerprint density at radius 3 is 2.29 bits per heavy atom. The Morgan fingerprint density at radius 2 is 1.79 bits per heavy atom. The highest BCUT2D eigenvalue weighted by molar-refractivity contribution is 5.94. The van der Waals surface area contributed by atoms with Crippen LogP contribution in [-0.2, 0) is 6.42 Å². The van der Waals surface area contributed by atoms with E-state index in [0.29, 0.717) is 12.0 Å². The molecule has 4 heteroatoms. The van der Waals surface area contributed by atoms with E-state index in [1.165, 1.54) is 11.6 Å². The summed E-state index contributed by atoms with van der Waals surface area (Å²) >= 11 is 0. The minimum Gasteiger partial charge on any atom is -0.508 e. The van der Waals surface area contributed by atoms with Gasteiger partial charge >= 0.3 is 5.97 Å². The van der Waals surface area contributed by atoms with Crippen LogP contribution in [0.4, 0.5) is 0 Å². The van der Waals surface area contributed by atoms with Gasteiger partial charge in [-0.25, -0.2) is 4.79 Å². The molecule has 0 aromatic heterocycles. The van der Waals surface area contributed by atoms with Crippen LogP contribution in [0.5, 0.6) is 11.5 Å². The predicted octanol–water partition coefficient (Wildman–Crippen LogP) is 5.15. The van der Waals surface area contributed by atoms with Gasteiger partial charge in [0.2, 0.25) is 0 Å². The van der Waals surface area contributed by atoms with Crippen LogP contribution in [0.25, 0.3) is 0 Å². The highest BCUT2D eigenvalue weighted by Gasteiger charge is 2.23. The second-order valence-electron chi connectivity index (χ2n) is 6.72. The molecule has 0 unspecified atom stereocenters. The van der Waals surface area contributed by atoms with Gasteiger partial charge in [0.05, 0.1) is 0 Å². The van der Waals surface area contributed by atoms with E-state index in [1.54, 1.807) is 0 Å². The largest absolute Gasteiger partial charge is 0.508 e. The quantitative estimate of drug-likeness (QED) is 0.603. The lowest BCUT2D eigenvalue weighted by Crippen LogP contribution is -2.06. The van der Waals surface area contributed by atoms with Gasteiger partial charge < -0.3 is 15.3 Å². The third-order valence-electron chi connectivity index (χ3n) is 3.99. The second kappa shape index (κ2) is 8.57. The van der Waals surface area contributed by atoms with E-state index in [1.807, 2.05) is 26.8 Å². The van der Waals surface area contributed by atoms with Gasteiger partial charge in [-0.2, -0.15) is 0 Å². The number of benzene rings is 1. The molecule has 1 aromatic rings. The van der Waals surface area contributed by atoms with E-state index in [4.69, 9.17) is 0 Å². The molecular weight excluding hydrogens is 304 g/mol. The molecule has 0 spiro atoms. The molecule has 0 bridgehead atoms. The maximum absolute atomic E-state index is 11.5. The van der Waals surface area contributed by atoms with Crippen LogP contribution in [0.2, 0.25) is 0 Å². The molecule has 0 atom stereocenters. The Morgan fingerprint density at radius 1 is 1.17 bits per heavy atom. The zero-order valence-corrected chi connectivity index (χ0v) is 15.2. The highest BCUT2D eigenvalue weighted by Crippen LogP contribution is 2.37. The molecule has 3 N–H and O–H groups in total. The van der Waals surface area contributed by atoms with Gasteiger partial charge in [0, 0.05) is 5.56 Å². The summed E-state index contributed by atoms with van der Waals surface area (Å²) < 4.78 is 0. The van der Waals surface area contributed by atoms with Crippen molar-refractivity contribution in [1.29, 1.82) is 0 Å². The monoisotopic (exact) mass is 332 g/mol. The van der Waals surface area contributed by atoms with E-state index in [0.717, 1.165) is 18.4 Å². The summed E-state index contributed by atoms with van der Waals surface area (Å²) in [5.41, 5.74) is 2.99. The number of phenolic OH excluding ortho intramolecular Hbond substituents is 1. The molecule has 0 radical (unpaired) electrons. The predicted molar refractivity (Wildman–Crippen MR) is 96.9 cm³/mol. The van der Waals surface area contributed by atoms with Gasteiger partial charge in [0.25, 0.3) is 0 Å². The molecule has 0 saturated carbocycles. The fourth-order valence-corrected chi connectivity index (χ4v) is 2.56. The van der Waals surface area contributed by atoms with Crippen LogP contribution in [0.1, 0.15) is 74.9 Å². The fourth-order valence-electron chi connectivity index (χ4n) is 2.56. The van der Waals surface area contributed by atoms with Crippen molar-refractivity contribution in [1.82, 2.24) is 0 Å². The third kappa shape index (κ3) is 5.15. The van der Waals surface area contributed by atoms with Gasteiger partial charge in [0.1, 0.15) is 17.1 Å². The Labute approximate surface area is 144 Å². The average Bonchev–Trinajstić information content (AvgIpc) is 2.45. The van der Waals surface area contributed by atoms with Gasteiger partial charge in [-0.3, -0.25) is 0 Å². The molecule has 1 rings (SSSR count). The molecule has 0 aliphatic carbocycles. The number of hydrogen-bond donors (Lipinski definition) is 3. The maximum Gasteiger partial charge on any atom is 0.339 e. The van der Waals surface area contributed by atoms with E-state index >= 15 is 0 Å². The molecule has 4 nitrogen and oxygen atoms in total. The summed E-state index contributed by atoms with van der Waals surface area (Å²) in [6.07, 6.45) is 6.22. The van der Waals surface area contributed by atoms with Crippen molar-refractivity contribution in [3.8, 4) is 11.5 Å². The number of phenols is 2. The normalized spacial score (nSPS) is 11.7. The first-order chi connectivity index (χ1) is 11.1. The van der Waals surface area contributed by atoms with E-state index in [2.05, 4.69) is 19.9 Å². The van der Waals surface area contributed by atoms with Gasteiger partial charge in [-0.15, -0.1) is 0 Å². The molecule has 132 valence electrons. The van der Waals surface area contributed by atoms with Crippen LogP contribution in [0.15, 0.2) is 29.4 Å². The van der Waals surface area contributed by atoms with E-state index < -0.39 is 5.97 Å². The first-order valence-corrected chi connectivity index (χ1v) is 8.25. The summed E-state index contributed by atoms with van der Waals surface area (Å²) in [5.74, 6) is -1.68. The minimum absolute atomic E-state index is 0.0606. The van der Waals surface area contributed by atoms with Crippen LogP contribution in [-0.4, -0.2) is 21.3 Å². The molecule has 0 saturated heterocycles. The highest BCUT2D eigenvalue weighted by atomic mass is 16.4. The Hall–Kier alpha value is -2.23. The van der Waals surface area contributed by atoms with Crippen molar-refractivity contribution in [2.24, 2.45) is 0 Å². The fraction of sp³-hybridized carbons (Fsp3) is 0.450. The maximum atomic E-state index is 11.5. The van der Waals surface area contributed by atoms with Crippen molar-refractivity contribution in [3.63, 3.8) is 0 Å². The molecular formula is C20H28O4. The standard InChI is InChI=1S/C20H28O4/c1-12(2)7-6-8-14(5)9-10-15-17(21)11-16(13(3)4)18(19(15)22)20(23)24/h7,9,11,13,21-22H,6,8,10H2,1-5H3,(H,23,24). The Balaban J connectivity index is 3.10. The van der Waals surface area contributed by atoms with Crippen molar-refractivity contribution < 1.29 is 20.1 Å². The van der Waals surface area contributed by atoms with Crippen molar-refractivity contribution in [3.05, 3.63) is 46.1 Å². The van der Waals surface area contributed by atoms with E-state index in [9.17, 15) is 20.1 Å². The number of aromatic hydroxyl groups is 2. The first-order valence-electron chi connectivity index (χ1n) is 8.25. The lowest BCUT2D eigenvalue weighted by Gasteiger charge is -2.16. The van der Waals surface area contributed by atoms with Crippen molar-refractivity contribution in [2.75, 3.05) is 0 Å². The molecule has 0 amide bonds. The molecule has 0 aliphatic rings. The van der Waals surface area contributed by atoms with Gasteiger partial charge in [0.15, 0.2) is 0 Å². The summed E-state index contributed by atoms with van der Waals surface area (Å²) in [6, 6.07) is 1.45. The van der Waals surface area contributed by atoms with Gasteiger partial charge in [-0.05, 0) is 57.6 Å². The Kier molecular flexibility index (Phi) is 7.08. The molecule has 0 heterocycles. The average molecular weight is 332 g/mol. The Bertz CT molecular complexity index is 663.